The van der Waals surface area contributed by atoms with E-state index in [1.54, 1.807) is 28.6 Å². The van der Waals surface area contributed by atoms with Crippen LogP contribution in [0.5, 0.6) is 5.75 Å². The standard InChI is InChI=1S/C16H23N3O3S/c1-2-22-15-5-7-16(8-6-15)23(20,21)19-13-11-18(12-14-19)10-4-3-9-17/h5-8H,2-4,10-14H2,1H3/p+1. The fraction of sp³-hybridized carbons (Fsp3) is 0.562. The predicted molar refractivity (Wildman–Crippen MR) is 86.8 cm³/mol. The lowest BCUT2D eigenvalue weighted by Gasteiger charge is -2.31. The number of nitrogens with zero attached hydrogens (tertiary/aromatic N) is 2. The number of hydrogen-bond acceptors (Lipinski definition) is 4. The maximum atomic E-state index is 12.7. The van der Waals surface area contributed by atoms with Gasteiger partial charge in [0.1, 0.15) is 5.75 Å². The van der Waals surface area contributed by atoms with Crippen molar-refractivity contribution in [2.45, 2.75) is 24.7 Å². The van der Waals surface area contributed by atoms with Crippen molar-refractivity contribution in [2.75, 3.05) is 39.3 Å². The van der Waals surface area contributed by atoms with E-state index in [9.17, 15) is 8.42 Å². The molecule has 0 saturated carbocycles. The van der Waals surface area contributed by atoms with Crippen molar-refractivity contribution >= 4 is 10.0 Å². The van der Waals surface area contributed by atoms with Gasteiger partial charge in [0.15, 0.2) is 0 Å². The summed E-state index contributed by atoms with van der Waals surface area (Å²) in [6.07, 6.45) is 1.44. The highest BCUT2D eigenvalue weighted by Gasteiger charge is 2.30. The minimum Gasteiger partial charge on any atom is -0.494 e. The van der Waals surface area contributed by atoms with Crippen LogP contribution in [0.25, 0.3) is 0 Å². The zero-order valence-corrected chi connectivity index (χ0v) is 14.3. The van der Waals surface area contributed by atoms with Gasteiger partial charge in [-0.1, -0.05) is 0 Å². The van der Waals surface area contributed by atoms with E-state index in [0.717, 1.165) is 26.1 Å². The minimum atomic E-state index is -3.43. The van der Waals surface area contributed by atoms with Crippen LogP contribution in [0.2, 0.25) is 0 Å². The molecule has 23 heavy (non-hydrogen) atoms. The van der Waals surface area contributed by atoms with E-state index < -0.39 is 10.0 Å². The number of sulfonamides is 1. The fourth-order valence-electron chi connectivity index (χ4n) is 2.73. The van der Waals surface area contributed by atoms with Crippen molar-refractivity contribution in [3.8, 4) is 11.8 Å². The highest BCUT2D eigenvalue weighted by atomic mass is 32.2. The van der Waals surface area contributed by atoms with Gasteiger partial charge in [-0.3, -0.25) is 0 Å². The van der Waals surface area contributed by atoms with Crippen LogP contribution in [-0.4, -0.2) is 52.1 Å². The Morgan fingerprint density at radius 2 is 1.91 bits per heavy atom. The van der Waals surface area contributed by atoms with Crippen molar-refractivity contribution in [3.05, 3.63) is 24.3 Å². The molecule has 1 aliphatic rings. The molecule has 0 radical (unpaired) electrons. The number of nitrogens with one attached hydrogen (secondary N) is 1. The molecule has 126 valence electrons. The number of hydrogen-bond donors (Lipinski definition) is 1. The molecule has 1 N–H and O–H groups in total. The first-order chi connectivity index (χ1) is 11.1. The molecule has 1 heterocycles. The molecule has 2 rings (SSSR count). The summed E-state index contributed by atoms with van der Waals surface area (Å²) in [5.41, 5.74) is 0. The number of nitriles is 1. The third-order valence-electron chi connectivity index (χ3n) is 4.02. The second-order valence-electron chi connectivity index (χ2n) is 5.57. The Kier molecular flexibility index (Phi) is 6.39. The lowest BCUT2D eigenvalue weighted by Crippen LogP contribution is -3.14. The van der Waals surface area contributed by atoms with Gasteiger partial charge >= 0.3 is 0 Å². The Labute approximate surface area is 138 Å². The van der Waals surface area contributed by atoms with E-state index in [2.05, 4.69) is 6.07 Å². The molecule has 0 bridgehead atoms. The zero-order chi connectivity index (χ0) is 16.7. The van der Waals surface area contributed by atoms with Crippen molar-refractivity contribution in [2.24, 2.45) is 0 Å². The average molecular weight is 338 g/mol. The molecule has 0 amide bonds. The molecule has 0 atom stereocenters. The SMILES string of the molecule is CCOc1ccc(S(=O)(=O)N2CC[NH+](CCCC#N)CC2)cc1. The molecular formula is C16H24N3O3S+. The molecular weight excluding hydrogens is 314 g/mol. The average Bonchev–Trinajstić information content (AvgIpc) is 2.56. The number of ether oxygens (including phenoxy) is 1. The highest BCUT2D eigenvalue weighted by molar-refractivity contribution is 7.89. The van der Waals surface area contributed by atoms with Crippen LogP contribution in [0.15, 0.2) is 29.2 Å². The summed E-state index contributed by atoms with van der Waals surface area (Å²) >= 11 is 0. The minimum absolute atomic E-state index is 0.314. The maximum absolute atomic E-state index is 12.7. The van der Waals surface area contributed by atoms with Gasteiger partial charge in [-0.15, -0.1) is 0 Å². The van der Waals surface area contributed by atoms with E-state index in [0.29, 0.717) is 36.8 Å². The third kappa shape index (κ3) is 4.67. The van der Waals surface area contributed by atoms with Crippen molar-refractivity contribution in [1.29, 1.82) is 5.26 Å². The number of unbranched alkanes of at least 4 members (excludes halogenated alkanes) is 1. The number of rotatable bonds is 7. The smallest absolute Gasteiger partial charge is 0.243 e. The van der Waals surface area contributed by atoms with E-state index >= 15 is 0 Å². The molecule has 0 spiro atoms. The molecule has 1 saturated heterocycles. The van der Waals surface area contributed by atoms with E-state index in [-0.39, 0.29) is 0 Å². The first-order valence-electron chi connectivity index (χ1n) is 8.01. The third-order valence-corrected chi connectivity index (χ3v) is 5.93. The largest absolute Gasteiger partial charge is 0.494 e. The Balaban J connectivity index is 1.94. The monoisotopic (exact) mass is 338 g/mol. The highest BCUT2D eigenvalue weighted by Crippen LogP contribution is 2.19. The topological polar surface area (TPSA) is 74.8 Å². The van der Waals surface area contributed by atoms with E-state index in [1.165, 1.54) is 4.90 Å². The van der Waals surface area contributed by atoms with Crippen LogP contribution in [-0.2, 0) is 10.0 Å². The summed E-state index contributed by atoms with van der Waals surface area (Å²) in [6.45, 7) is 6.02. The van der Waals surface area contributed by atoms with Crippen LogP contribution >= 0.6 is 0 Å². The molecule has 1 aromatic carbocycles. The van der Waals surface area contributed by atoms with Gasteiger partial charge in [0.05, 0.1) is 50.3 Å². The molecule has 1 fully saturated rings. The Morgan fingerprint density at radius 3 is 2.48 bits per heavy atom. The van der Waals surface area contributed by atoms with Gasteiger partial charge in [0.25, 0.3) is 0 Å². The molecule has 0 aromatic heterocycles. The van der Waals surface area contributed by atoms with Crippen LogP contribution in [0.3, 0.4) is 0 Å². The lowest BCUT2D eigenvalue weighted by atomic mass is 10.3. The van der Waals surface area contributed by atoms with E-state index in [4.69, 9.17) is 10.00 Å². The summed E-state index contributed by atoms with van der Waals surface area (Å²) in [4.78, 5) is 1.69. The van der Waals surface area contributed by atoms with E-state index in [1.807, 2.05) is 6.92 Å². The number of benzene rings is 1. The number of piperazine rings is 1. The second-order valence-corrected chi connectivity index (χ2v) is 7.51. The van der Waals surface area contributed by atoms with Gasteiger partial charge in [-0.25, -0.2) is 8.42 Å². The quantitative estimate of drug-likeness (QED) is 0.725. The fourth-order valence-corrected chi connectivity index (χ4v) is 4.18. The molecule has 6 nitrogen and oxygen atoms in total. The molecule has 0 aliphatic carbocycles. The first-order valence-corrected chi connectivity index (χ1v) is 9.45. The molecule has 1 aliphatic heterocycles. The molecule has 7 heteroatoms. The van der Waals surface area contributed by atoms with Gasteiger partial charge < -0.3 is 9.64 Å². The predicted octanol–water partition coefficient (Wildman–Crippen LogP) is 0.278. The van der Waals surface area contributed by atoms with Gasteiger partial charge in [0, 0.05) is 12.8 Å². The normalized spacial score (nSPS) is 16.9. The van der Waals surface area contributed by atoms with Crippen LogP contribution in [0, 0.1) is 11.3 Å². The summed E-state index contributed by atoms with van der Waals surface area (Å²) in [7, 11) is -3.43. The second kappa shape index (κ2) is 8.29. The summed E-state index contributed by atoms with van der Waals surface area (Å²) in [5, 5.41) is 8.57. The molecule has 1 aromatic rings. The maximum Gasteiger partial charge on any atom is 0.243 e. The van der Waals surface area contributed by atoms with Crippen LogP contribution in [0.1, 0.15) is 19.8 Å². The Hall–Kier alpha value is -1.62. The van der Waals surface area contributed by atoms with Crippen LogP contribution in [0.4, 0.5) is 0 Å². The Morgan fingerprint density at radius 1 is 1.26 bits per heavy atom. The van der Waals surface area contributed by atoms with Gasteiger partial charge in [-0.05, 0) is 31.2 Å². The van der Waals surface area contributed by atoms with Gasteiger partial charge in [0.2, 0.25) is 10.0 Å². The summed E-state index contributed by atoms with van der Waals surface area (Å²) in [6, 6.07) is 8.74. The Bertz CT molecular complexity index is 630. The summed E-state index contributed by atoms with van der Waals surface area (Å²) < 4.78 is 32.2. The first kappa shape index (κ1) is 17.7. The molecule has 0 unspecified atom stereocenters. The van der Waals surface area contributed by atoms with Crippen molar-refractivity contribution < 1.29 is 18.1 Å². The van der Waals surface area contributed by atoms with Crippen molar-refractivity contribution in [1.82, 2.24) is 4.31 Å². The number of quaternary nitrogens is 1. The lowest BCUT2D eigenvalue weighted by molar-refractivity contribution is -0.903. The van der Waals surface area contributed by atoms with Crippen molar-refractivity contribution in [3.63, 3.8) is 0 Å². The van der Waals surface area contributed by atoms with Crippen LogP contribution < -0.4 is 9.64 Å². The zero-order valence-electron chi connectivity index (χ0n) is 13.5. The van der Waals surface area contributed by atoms with Gasteiger partial charge in [-0.2, -0.15) is 9.57 Å². The summed E-state index contributed by atoms with van der Waals surface area (Å²) in [5.74, 6) is 0.679.